The van der Waals surface area contributed by atoms with E-state index in [0.29, 0.717) is 17.7 Å². The molecule has 0 saturated heterocycles. The van der Waals surface area contributed by atoms with Gasteiger partial charge >= 0.3 is 5.97 Å². The maximum atomic E-state index is 11.1. The molecule has 1 aromatic carbocycles. The lowest BCUT2D eigenvalue weighted by Gasteiger charge is -2.33. The topological polar surface area (TPSA) is 62.7 Å². The number of aromatic carboxylic acids is 1. The van der Waals surface area contributed by atoms with E-state index in [9.17, 15) is 4.79 Å². The summed E-state index contributed by atoms with van der Waals surface area (Å²) in [5.41, 5.74) is 2.19. The molecule has 3 rings (SSSR count). The van der Waals surface area contributed by atoms with Gasteiger partial charge in [0, 0.05) is 30.6 Å². The van der Waals surface area contributed by atoms with E-state index in [2.05, 4.69) is 17.3 Å². The molecule has 0 amide bonds. The van der Waals surface area contributed by atoms with E-state index in [1.54, 1.807) is 36.6 Å². The summed E-state index contributed by atoms with van der Waals surface area (Å²) in [5.74, 6) is -0.912. The van der Waals surface area contributed by atoms with Crippen molar-refractivity contribution in [3.8, 4) is 10.6 Å². The van der Waals surface area contributed by atoms with Crippen LogP contribution in [-0.4, -0.2) is 47.3 Å². The summed E-state index contributed by atoms with van der Waals surface area (Å²) in [6.45, 7) is 0.817. The van der Waals surface area contributed by atoms with Crippen LogP contribution in [0.15, 0.2) is 29.6 Å². The second kappa shape index (κ2) is 8.08. The van der Waals surface area contributed by atoms with Crippen molar-refractivity contribution in [3.63, 3.8) is 0 Å². The van der Waals surface area contributed by atoms with Gasteiger partial charge in [-0.15, -0.1) is 11.3 Å². The van der Waals surface area contributed by atoms with E-state index in [-0.39, 0.29) is 0 Å². The van der Waals surface area contributed by atoms with E-state index in [1.807, 2.05) is 6.07 Å². The molecule has 0 bridgehead atoms. The minimum Gasteiger partial charge on any atom is -0.478 e. The summed E-state index contributed by atoms with van der Waals surface area (Å²) in [4.78, 5) is 18.2. The van der Waals surface area contributed by atoms with Crippen molar-refractivity contribution < 1.29 is 14.6 Å². The van der Waals surface area contributed by atoms with Crippen LogP contribution in [0.4, 0.5) is 0 Å². The van der Waals surface area contributed by atoms with Crippen LogP contribution < -0.4 is 0 Å². The highest BCUT2D eigenvalue weighted by molar-refractivity contribution is 7.13. The van der Waals surface area contributed by atoms with Crippen LogP contribution in [0.3, 0.4) is 0 Å². The first-order chi connectivity index (χ1) is 12.1. The highest BCUT2D eigenvalue weighted by atomic mass is 32.1. The number of carboxylic acids is 1. The molecule has 2 aromatic rings. The zero-order valence-electron chi connectivity index (χ0n) is 14.6. The van der Waals surface area contributed by atoms with Gasteiger partial charge in [0.15, 0.2) is 0 Å². The van der Waals surface area contributed by atoms with Crippen molar-refractivity contribution in [2.45, 2.75) is 44.4 Å². The van der Waals surface area contributed by atoms with Crippen LogP contribution in [-0.2, 0) is 11.3 Å². The lowest BCUT2D eigenvalue weighted by atomic mass is 9.92. The molecule has 1 aromatic heterocycles. The standard InChI is InChI=1S/C19H24N2O3S/c1-21(16-6-8-17(24-2)9-7-16)11-15-12-25-18(20-15)13-4-3-5-14(10-13)19(22)23/h3-5,10,12,16-17H,6-9,11H2,1-2H3,(H,22,23). The zero-order valence-corrected chi connectivity index (χ0v) is 15.5. The maximum absolute atomic E-state index is 11.1. The summed E-state index contributed by atoms with van der Waals surface area (Å²) >= 11 is 1.57. The van der Waals surface area contributed by atoms with E-state index in [4.69, 9.17) is 14.8 Å². The minimum absolute atomic E-state index is 0.293. The first-order valence-electron chi connectivity index (χ1n) is 8.58. The van der Waals surface area contributed by atoms with Gasteiger partial charge in [-0.05, 0) is 44.9 Å². The summed E-state index contributed by atoms with van der Waals surface area (Å²) < 4.78 is 5.45. The average Bonchev–Trinajstić information content (AvgIpc) is 3.10. The molecule has 1 aliphatic rings. The monoisotopic (exact) mass is 360 g/mol. The Morgan fingerprint density at radius 3 is 2.80 bits per heavy atom. The van der Waals surface area contributed by atoms with Gasteiger partial charge in [-0.1, -0.05) is 12.1 Å². The molecule has 0 atom stereocenters. The third kappa shape index (κ3) is 4.45. The van der Waals surface area contributed by atoms with Gasteiger partial charge in [0.05, 0.1) is 17.4 Å². The second-order valence-electron chi connectivity index (χ2n) is 6.61. The SMILES string of the molecule is COC1CCC(N(C)Cc2csc(-c3cccc(C(=O)O)c3)n2)CC1. The first kappa shape index (κ1) is 18.0. The molecule has 0 spiro atoms. The van der Waals surface area contributed by atoms with Gasteiger partial charge in [0.2, 0.25) is 0 Å². The van der Waals surface area contributed by atoms with Crippen molar-refractivity contribution in [2.24, 2.45) is 0 Å². The number of benzene rings is 1. The second-order valence-corrected chi connectivity index (χ2v) is 7.47. The maximum Gasteiger partial charge on any atom is 0.335 e. The third-order valence-electron chi connectivity index (χ3n) is 4.92. The Labute approximate surface area is 152 Å². The largest absolute Gasteiger partial charge is 0.478 e. The number of carbonyl (C=O) groups is 1. The first-order valence-corrected chi connectivity index (χ1v) is 9.46. The average molecular weight is 360 g/mol. The van der Waals surface area contributed by atoms with Crippen molar-refractivity contribution in [2.75, 3.05) is 14.2 Å². The minimum atomic E-state index is -0.912. The molecule has 0 aliphatic heterocycles. The Hall–Kier alpha value is -1.76. The van der Waals surface area contributed by atoms with Gasteiger partial charge in [-0.3, -0.25) is 4.90 Å². The van der Waals surface area contributed by atoms with Crippen molar-refractivity contribution in [1.29, 1.82) is 0 Å². The van der Waals surface area contributed by atoms with Crippen molar-refractivity contribution in [3.05, 3.63) is 40.9 Å². The summed E-state index contributed by atoms with van der Waals surface area (Å²) in [6, 6.07) is 7.53. The highest BCUT2D eigenvalue weighted by Crippen LogP contribution is 2.28. The summed E-state index contributed by atoms with van der Waals surface area (Å²) in [6.07, 6.45) is 4.97. The number of ether oxygens (including phenoxy) is 1. The fourth-order valence-corrected chi connectivity index (χ4v) is 4.21. The molecular formula is C19H24N2O3S. The molecule has 1 N–H and O–H groups in total. The van der Waals surface area contributed by atoms with Gasteiger partial charge in [-0.25, -0.2) is 9.78 Å². The number of methoxy groups -OCH3 is 1. The molecule has 5 nitrogen and oxygen atoms in total. The normalized spacial score (nSPS) is 20.8. The molecular weight excluding hydrogens is 336 g/mol. The smallest absolute Gasteiger partial charge is 0.335 e. The van der Waals surface area contributed by atoms with E-state index >= 15 is 0 Å². The lowest BCUT2D eigenvalue weighted by Crippen LogP contribution is -2.36. The Bertz CT molecular complexity index is 723. The molecule has 0 radical (unpaired) electrons. The van der Waals surface area contributed by atoms with E-state index in [0.717, 1.165) is 48.5 Å². The highest BCUT2D eigenvalue weighted by Gasteiger charge is 2.24. The number of thiazole rings is 1. The van der Waals surface area contributed by atoms with Gasteiger partial charge in [0.25, 0.3) is 0 Å². The molecule has 1 aliphatic carbocycles. The van der Waals surface area contributed by atoms with Crippen LogP contribution >= 0.6 is 11.3 Å². The molecule has 0 unspecified atom stereocenters. The predicted molar refractivity (Wildman–Crippen MR) is 99.0 cm³/mol. The fourth-order valence-electron chi connectivity index (χ4n) is 3.40. The number of rotatable bonds is 6. The number of nitrogens with zero attached hydrogens (tertiary/aromatic N) is 2. The summed E-state index contributed by atoms with van der Waals surface area (Å²) in [7, 11) is 3.95. The molecule has 1 heterocycles. The van der Waals surface area contributed by atoms with Crippen LogP contribution in [0, 0.1) is 0 Å². The third-order valence-corrected chi connectivity index (χ3v) is 5.86. The number of carboxylic acid groups (broad SMARTS) is 1. The van der Waals surface area contributed by atoms with Crippen molar-refractivity contribution >= 4 is 17.3 Å². The zero-order chi connectivity index (χ0) is 17.8. The predicted octanol–water partition coefficient (Wildman–Crippen LogP) is 3.90. The van der Waals surface area contributed by atoms with Gasteiger partial charge in [-0.2, -0.15) is 0 Å². The van der Waals surface area contributed by atoms with Crippen molar-refractivity contribution in [1.82, 2.24) is 9.88 Å². The number of hydrogen-bond donors (Lipinski definition) is 1. The molecule has 1 saturated carbocycles. The molecule has 134 valence electrons. The van der Waals surface area contributed by atoms with Crippen LogP contribution in [0.1, 0.15) is 41.7 Å². The molecule has 1 fully saturated rings. The van der Waals surface area contributed by atoms with E-state index in [1.165, 1.54) is 0 Å². The number of aromatic nitrogens is 1. The Balaban J connectivity index is 1.64. The lowest BCUT2D eigenvalue weighted by molar-refractivity contribution is 0.0425. The molecule has 6 heteroatoms. The van der Waals surface area contributed by atoms with Gasteiger partial charge in [0.1, 0.15) is 5.01 Å². The Morgan fingerprint density at radius 1 is 1.36 bits per heavy atom. The quantitative estimate of drug-likeness (QED) is 0.846. The van der Waals surface area contributed by atoms with Crippen LogP contribution in [0.5, 0.6) is 0 Å². The Kier molecular flexibility index (Phi) is 5.83. The number of hydrogen-bond acceptors (Lipinski definition) is 5. The van der Waals surface area contributed by atoms with Crippen LogP contribution in [0.2, 0.25) is 0 Å². The Morgan fingerprint density at radius 2 is 2.12 bits per heavy atom. The summed E-state index contributed by atoms with van der Waals surface area (Å²) in [5, 5.41) is 12.1. The van der Waals surface area contributed by atoms with E-state index < -0.39 is 5.97 Å². The van der Waals surface area contributed by atoms with Gasteiger partial charge < -0.3 is 9.84 Å². The molecule has 25 heavy (non-hydrogen) atoms. The fraction of sp³-hybridized carbons (Fsp3) is 0.474. The van der Waals surface area contributed by atoms with Crippen LogP contribution in [0.25, 0.3) is 10.6 Å².